The summed E-state index contributed by atoms with van der Waals surface area (Å²) < 4.78 is 21.4. The molecule has 0 amide bonds. The van der Waals surface area contributed by atoms with E-state index in [0.29, 0.717) is 50.8 Å². The van der Waals surface area contributed by atoms with E-state index in [2.05, 4.69) is 35.0 Å². The van der Waals surface area contributed by atoms with Crippen molar-refractivity contribution in [1.82, 2.24) is 9.13 Å². The van der Waals surface area contributed by atoms with E-state index in [4.69, 9.17) is 19.2 Å². The van der Waals surface area contributed by atoms with Gasteiger partial charge in [0.05, 0.1) is 36.1 Å². The lowest BCUT2D eigenvalue weighted by atomic mass is 9.94. The van der Waals surface area contributed by atoms with Crippen LogP contribution in [0.15, 0.2) is 100 Å². The third-order valence-electron chi connectivity index (χ3n) is 7.63. The van der Waals surface area contributed by atoms with Gasteiger partial charge in [0.15, 0.2) is 16.3 Å². The van der Waals surface area contributed by atoms with E-state index < -0.39 is 12.0 Å². The van der Waals surface area contributed by atoms with Crippen molar-refractivity contribution in [1.29, 1.82) is 0 Å². The molecule has 1 aliphatic heterocycles. The van der Waals surface area contributed by atoms with Crippen LogP contribution in [0.2, 0.25) is 0 Å². The highest BCUT2D eigenvalue weighted by Crippen LogP contribution is 2.40. The first kappa shape index (κ1) is 29.2. The number of para-hydroxylation sites is 2. The van der Waals surface area contributed by atoms with Crippen molar-refractivity contribution in [2.75, 3.05) is 20.3 Å². The molecule has 2 aromatic heterocycles. The van der Waals surface area contributed by atoms with Crippen LogP contribution in [0.3, 0.4) is 0 Å². The van der Waals surface area contributed by atoms with Gasteiger partial charge in [0.1, 0.15) is 6.04 Å². The standard InChI is InChI=1S/C35H33N3O5S/c1-5-42-32-26(16-12-18-28(32)41-4)31-30(34(40)43-6-2)22(3)36-35-38(31)33(39)29(44-35)19-24-21-37(20-23-13-8-7-9-14-23)27-17-11-10-15-25(24)27/h7-19,21,31H,5-6,20H2,1-4H3/b29-19+/t31-/m1/s1. The highest BCUT2D eigenvalue weighted by molar-refractivity contribution is 7.07. The Kier molecular flexibility index (Phi) is 8.21. The van der Waals surface area contributed by atoms with Crippen molar-refractivity contribution in [3.63, 3.8) is 0 Å². The van der Waals surface area contributed by atoms with Gasteiger partial charge in [-0.1, -0.05) is 72.0 Å². The Bertz CT molecular complexity index is 2070. The maximum absolute atomic E-state index is 14.3. The van der Waals surface area contributed by atoms with Crippen molar-refractivity contribution in [2.45, 2.75) is 33.4 Å². The Labute approximate surface area is 258 Å². The number of esters is 1. The minimum Gasteiger partial charge on any atom is -0.493 e. The molecule has 9 heteroatoms. The predicted molar refractivity (Wildman–Crippen MR) is 172 cm³/mol. The number of rotatable bonds is 9. The maximum Gasteiger partial charge on any atom is 0.338 e. The average molecular weight is 608 g/mol. The Balaban J connectivity index is 1.56. The second-order valence-electron chi connectivity index (χ2n) is 10.3. The number of hydrogen-bond acceptors (Lipinski definition) is 7. The van der Waals surface area contributed by atoms with Gasteiger partial charge in [-0.25, -0.2) is 9.79 Å². The van der Waals surface area contributed by atoms with Crippen LogP contribution in [0.4, 0.5) is 0 Å². The lowest BCUT2D eigenvalue weighted by molar-refractivity contribution is -0.139. The first-order valence-electron chi connectivity index (χ1n) is 14.6. The fourth-order valence-corrected chi connectivity index (χ4v) is 6.77. The van der Waals surface area contributed by atoms with Crippen LogP contribution in [0.5, 0.6) is 11.5 Å². The highest BCUT2D eigenvalue weighted by Gasteiger charge is 2.36. The smallest absolute Gasteiger partial charge is 0.338 e. The molecule has 1 aliphatic rings. The lowest BCUT2D eigenvalue weighted by Crippen LogP contribution is -2.40. The summed E-state index contributed by atoms with van der Waals surface area (Å²) in [5, 5.41) is 1.04. The molecule has 5 aromatic rings. The van der Waals surface area contributed by atoms with Crippen molar-refractivity contribution in [3.8, 4) is 11.5 Å². The van der Waals surface area contributed by atoms with Crippen molar-refractivity contribution < 1.29 is 19.0 Å². The van der Waals surface area contributed by atoms with Gasteiger partial charge in [-0.3, -0.25) is 9.36 Å². The number of carbonyl (C=O) groups is 1. The van der Waals surface area contributed by atoms with Gasteiger partial charge in [-0.15, -0.1) is 0 Å². The van der Waals surface area contributed by atoms with Gasteiger partial charge in [0, 0.05) is 34.8 Å². The number of methoxy groups -OCH3 is 1. The highest BCUT2D eigenvalue weighted by atomic mass is 32.1. The van der Waals surface area contributed by atoms with Gasteiger partial charge in [-0.2, -0.15) is 0 Å². The summed E-state index contributed by atoms with van der Waals surface area (Å²) in [7, 11) is 1.56. The zero-order valence-corrected chi connectivity index (χ0v) is 25.9. The van der Waals surface area contributed by atoms with Gasteiger partial charge in [0.25, 0.3) is 5.56 Å². The summed E-state index contributed by atoms with van der Waals surface area (Å²) in [6.45, 7) is 6.67. The van der Waals surface area contributed by atoms with Crippen molar-refractivity contribution in [2.24, 2.45) is 4.99 Å². The van der Waals surface area contributed by atoms with E-state index in [9.17, 15) is 9.59 Å². The van der Waals surface area contributed by atoms with Gasteiger partial charge >= 0.3 is 5.97 Å². The Morgan fingerprint density at radius 3 is 2.52 bits per heavy atom. The molecular formula is C35H33N3O5S. The molecule has 1 atom stereocenters. The van der Waals surface area contributed by atoms with E-state index >= 15 is 0 Å². The Morgan fingerprint density at radius 2 is 1.77 bits per heavy atom. The van der Waals surface area contributed by atoms with E-state index in [-0.39, 0.29) is 12.2 Å². The number of allylic oxidation sites excluding steroid dienone is 1. The van der Waals surface area contributed by atoms with Crippen LogP contribution >= 0.6 is 11.3 Å². The number of hydrogen-bond donors (Lipinski definition) is 0. The largest absolute Gasteiger partial charge is 0.493 e. The molecule has 224 valence electrons. The van der Waals surface area contributed by atoms with Crippen LogP contribution in [-0.4, -0.2) is 35.4 Å². The molecule has 0 N–H and O–H groups in total. The number of fused-ring (bicyclic) bond motifs is 2. The third kappa shape index (κ3) is 5.24. The Hall–Kier alpha value is -4.89. The summed E-state index contributed by atoms with van der Waals surface area (Å²) in [5.74, 6) is 0.454. The normalized spacial score (nSPS) is 14.8. The van der Waals surface area contributed by atoms with E-state index in [1.165, 1.54) is 16.9 Å². The molecule has 0 bridgehead atoms. The molecule has 0 aliphatic carbocycles. The predicted octanol–water partition coefficient (Wildman–Crippen LogP) is 5.21. The fraction of sp³-hybridized carbons (Fsp3) is 0.229. The number of nitrogens with zero attached hydrogens (tertiary/aromatic N) is 3. The molecule has 0 saturated carbocycles. The summed E-state index contributed by atoms with van der Waals surface area (Å²) in [6, 6.07) is 23.1. The summed E-state index contributed by atoms with van der Waals surface area (Å²) in [4.78, 5) is 32.9. The number of aromatic nitrogens is 2. The fourth-order valence-electron chi connectivity index (χ4n) is 5.74. The molecule has 3 aromatic carbocycles. The first-order chi connectivity index (χ1) is 21.4. The maximum atomic E-state index is 14.3. The molecule has 0 spiro atoms. The van der Waals surface area contributed by atoms with Crippen molar-refractivity contribution >= 4 is 34.3 Å². The topological polar surface area (TPSA) is 84.1 Å². The van der Waals surface area contributed by atoms with Gasteiger partial charge < -0.3 is 18.8 Å². The molecule has 0 unspecified atom stereocenters. The molecule has 0 fully saturated rings. The van der Waals surface area contributed by atoms with Gasteiger partial charge in [-0.05, 0) is 44.5 Å². The molecular weight excluding hydrogens is 574 g/mol. The number of ether oxygens (including phenoxy) is 3. The second-order valence-corrected chi connectivity index (χ2v) is 11.3. The van der Waals surface area contributed by atoms with Crippen LogP contribution in [0, 0.1) is 0 Å². The third-order valence-corrected chi connectivity index (χ3v) is 8.61. The van der Waals surface area contributed by atoms with E-state index in [1.54, 1.807) is 31.6 Å². The summed E-state index contributed by atoms with van der Waals surface area (Å²) >= 11 is 1.30. The van der Waals surface area contributed by atoms with Gasteiger partial charge in [0.2, 0.25) is 0 Å². The molecule has 3 heterocycles. The minimum atomic E-state index is -0.816. The quantitative estimate of drug-likeness (QED) is 0.215. The number of carbonyl (C=O) groups excluding carboxylic acids is 1. The van der Waals surface area contributed by atoms with E-state index in [0.717, 1.165) is 16.5 Å². The van der Waals surface area contributed by atoms with E-state index in [1.807, 2.05) is 55.5 Å². The van der Waals surface area contributed by atoms with Crippen LogP contribution < -0.4 is 24.4 Å². The molecule has 8 nitrogen and oxygen atoms in total. The van der Waals surface area contributed by atoms with Crippen molar-refractivity contribution in [3.05, 3.63) is 127 Å². The van der Waals surface area contributed by atoms with Crippen LogP contribution in [0.25, 0.3) is 17.0 Å². The molecule has 0 saturated heterocycles. The minimum absolute atomic E-state index is 0.191. The lowest BCUT2D eigenvalue weighted by Gasteiger charge is -2.26. The average Bonchev–Trinajstić information content (AvgIpc) is 3.53. The molecule has 0 radical (unpaired) electrons. The summed E-state index contributed by atoms with van der Waals surface area (Å²) in [6.07, 6.45) is 4.00. The number of benzene rings is 3. The second kappa shape index (κ2) is 12.4. The Morgan fingerprint density at radius 1 is 1.00 bits per heavy atom. The monoisotopic (exact) mass is 607 g/mol. The zero-order chi connectivity index (χ0) is 30.8. The van der Waals surface area contributed by atoms with Crippen LogP contribution in [-0.2, 0) is 16.1 Å². The molecule has 6 rings (SSSR count). The summed E-state index contributed by atoms with van der Waals surface area (Å²) in [5.41, 5.74) is 4.34. The van der Waals surface area contributed by atoms with Crippen LogP contribution in [0.1, 0.15) is 43.5 Å². The zero-order valence-electron chi connectivity index (χ0n) is 25.1. The number of thiazole rings is 1. The molecule has 44 heavy (non-hydrogen) atoms. The first-order valence-corrected chi connectivity index (χ1v) is 15.4. The SMILES string of the molecule is CCOC(=O)C1=C(C)N=c2s/c(=C/c3cn(Cc4ccccc4)c4ccccc34)c(=O)n2[C@@H]1c1cccc(OC)c1OCC.